The van der Waals surface area contributed by atoms with Gasteiger partial charge in [-0.2, -0.15) is 0 Å². The average Bonchev–Trinajstić information content (AvgIpc) is 0.811. The second-order valence-corrected chi connectivity index (χ2v) is 0.651. The molecule has 0 aliphatic heterocycles. The van der Waals surface area contributed by atoms with Gasteiger partial charge in [0.25, 0.3) is 0 Å². The summed E-state index contributed by atoms with van der Waals surface area (Å²) in [4.78, 5) is 0. The van der Waals surface area contributed by atoms with Crippen LogP contribution < -0.4 is 6.15 Å². The fourth-order valence-corrected chi connectivity index (χ4v) is 0. The molecule has 0 bridgehead atoms. The minimum absolute atomic E-state index is 0. The van der Waals surface area contributed by atoms with Gasteiger partial charge in [0.05, 0.1) is 11.4 Å². The largest absolute Gasteiger partial charge is 0.750 e. The molecule has 0 saturated carbocycles. The zero-order valence-corrected chi connectivity index (χ0v) is 6.87. The summed E-state index contributed by atoms with van der Waals surface area (Å²) in [5.41, 5.74) is 0. The first-order valence-electron chi connectivity index (χ1n) is 0.516. The molecule has 0 heterocycles. The van der Waals surface area contributed by atoms with Gasteiger partial charge < -0.3 is 15.3 Å². The van der Waals surface area contributed by atoms with Crippen molar-refractivity contribution in [2.24, 2.45) is 0 Å². The summed E-state index contributed by atoms with van der Waals surface area (Å²) in [7, 11) is 0. The van der Waals surface area contributed by atoms with Crippen molar-refractivity contribution < 1.29 is 32.8 Å². The topological polar surface area (TPSA) is 95.4 Å². The molecule has 4 nitrogen and oxygen atoms in total. The van der Waals surface area contributed by atoms with Crippen molar-refractivity contribution in [3.8, 4) is 0 Å². The van der Waals surface area contributed by atoms with Crippen molar-refractivity contribution in [2.75, 3.05) is 0 Å². The molecule has 0 aromatic rings. The summed E-state index contributed by atoms with van der Waals surface area (Å²) in [6.07, 6.45) is 0. The molecule has 0 fully saturated rings. The van der Waals surface area contributed by atoms with E-state index in [1.165, 1.54) is 0 Å². The molecule has 0 aliphatic rings. The van der Waals surface area contributed by atoms with Crippen LogP contribution in [0.2, 0.25) is 0 Å². The van der Waals surface area contributed by atoms with Gasteiger partial charge in [-0.25, -0.2) is 4.21 Å². The SMILES string of the molecule is N.O=S([O-])O.[Zn]. The fraction of sp³-hybridized carbons (Fsp3) is 0. The minimum atomic E-state index is -2.86. The normalized spacial score (nSPS) is 10.3. The van der Waals surface area contributed by atoms with E-state index < -0.39 is 11.4 Å². The van der Waals surface area contributed by atoms with Gasteiger partial charge in [-0.15, -0.1) is 0 Å². The summed E-state index contributed by atoms with van der Waals surface area (Å²) < 4.78 is 24.1. The Bertz CT molecular complexity index is 33.8. The van der Waals surface area contributed by atoms with Crippen LogP contribution in [0.5, 0.6) is 0 Å². The van der Waals surface area contributed by atoms with E-state index in [0.717, 1.165) is 0 Å². The van der Waals surface area contributed by atoms with E-state index in [2.05, 4.69) is 0 Å². The standard InChI is InChI=1S/H3N.H2O3S.Zn/c;1-4(2)3;/h1H3;(H2,1,2,3);/p-1. The molecule has 0 aromatic heterocycles. The molecule has 0 amide bonds. The van der Waals surface area contributed by atoms with E-state index >= 15 is 0 Å². The third kappa shape index (κ3) is 145. The second-order valence-electron chi connectivity index (χ2n) is 0.217. The molecule has 0 aromatic carbocycles. The molecular weight excluding hydrogens is 159 g/mol. The van der Waals surface area contributed by atoms with Gasteiger partial charge in [-0.05, 0) is 0 Å². The molecule has 1 unspecified atom stereocenters. The van der Waals surface area contributed by atoms with Gasteiger partial charge in [0.15, 0.2) is 0 Å². The van der Waals surface area contributed by atoms with E-state index in [9.17, 15) is 0 Å². The molecule has 36 valence electrons. The molecule has 1 atom stereocenters. The van der Waals surface area contributed by atoms with Crippen LogP contribution in [-0.4, -0.2) is 13.3 Å². The molecule has 6 heavy (non-hydrogen) atoms. The second kappa shape index (κ2) is 9.17. The summed E-state index contributed by atoms with van der Waals surface area (Å²) in [5.74, 6) is 0. The average molecular weight is 163 g/mol. The van der Waals surface area contributed by atoms with Gasteiger partial charge in [0.2, 0.25) is 0 Å². The first kappa shape index (κ1) is 15.9. The van der Waals surface area contributed by atoms with Crippen molar-refractivity contribution in [3.05, 3.63) is 0 Å². The predicted molar refractivity (Wildman–Crippen MR) is 16.6 cm³/mol. The van der Waals surface area contributed by atoms with E-state index in [4.69, 9.17) is 13.3 Å². The maximum Gasteiger partial charge on any atom is 0.0814 e. The van der Waals surface area contributed by atoms with E-state index in [-0.39, 0.29) is 25.6 Å². The van der Waals surface area contributed by atoms with Crippen LogP contribution in [0.25, 0.3) is 0 Å². The van der Waals surface area contributed by atoms with Crippen LogP contribution in [0.15, 0.2) is 0 Å². The Hall–Kier alpha value is 0.653. The monoisotopic (exact) mass is 162 g/mol. The Kier molecular flexibility index (Phi) is 24.4. The zero-order valence-electron chi connectivity index (χ0n) is 3.09. The van der Waals surface area contributed by atoms with Gasteiger partial charge >= 0.3 is 0 Å². The Morgan fingerprint density at radius 1 is 1.67 bits per heavy atom. The Labute approximate surface area is 50.8 Å². The van der Waals surface area contributed by atoms with Crippen LogP contribution in [0.1, 0.15) is 0 Å². The van der Waals surface area contributed by atoms with Crippen molar-refractivity contribution >= 4 is 11.4 Å². The van der Waals surface area contributed by atoms with Crippen LogP contribution >= 0.6 is 0 Å². The Morgan fingerprint density at radius 3 is 1.67 bits per heavy atom. The summed E-state index contributed by atoms with van der Waals surface area (Å²) in [6, 6.07) is 0. The van der Waals surface area contributed by atoms with Crippen molar-refractivity contribution in [1.82, 2.24) is 6.15 Å². The predicted octanol–water partition coefficient (Wildman–Crippen LogP) is -0.502. The van der Waals surface area contributed by atoms with E-state index in [1.807, 2.05) is 0 Å². The zero-order chi connectivity index (χ0) is 3.58. The molecular formula is H4NO3SZn-. The maximum absolute atomic E-state index is 8.56. The smallest absolute Gasteiger partial charge is 0.0814 e. The Morgan fingerprint density at radius 2 is 1.67 bits per heavy atom. The van der Waals surface area contributed by atoms with Crippen molar-refractivity contribution in [2.45, 2.75) is 0 Å². The first-order chi connectivity index (χ1) is 1.73. The van der Waals surface area contributed by atoms with Gasteiger partial charge in [0.1, 0.15) is 0 Å². The quantitative estimate of drug-likeness (QED) is 0.372. The first-order valence-corrected chi connectivity index (χ1v) is 1.55. The van der Waals surface area contributed by atoms with E-state index in [0.29, 0.717) is 0 Å². The summed E-state index contributed by atoms with van der Waals surface area (Å²) in [5, 5.41) is 0. The van der Waals surface area contributed by atoms with Gasteiger partial charge in [-0.1, -0.05) is 0 Å². The summed E-state index contributed by atoms with van der Waals surface area (Å²) >= 11 is -2.86. The molecule has 0 radical (unpaired) electrons. The summed E-state index contributed by atoms with van der Waals surface area (Å²) in [6.45, 7) is 0. The molecule has 0 spiro atoms. The molecule has 6 heteroatoms. The number of hydrogen-bond donors (Lipinski definition) is 2. The maximum atomic E-state index is 8.56. The fourth-order valence-electron chi connectivity index (χ4n) is 0. The minimum Gasteiger partial charge on any atom is -0.750 e. The van der Waals surface area contributed by atoms with Crippen LogP contribution in [-0.2, 0) is 30.8 Å². The van der Waals surface area contributed by atoms with Crippen molar-refractivity contribution in [3.63, 3.8) is 0 Å². The van der Waals surface area contributed by atoms with Crippen LogP contribution in [0.4, 0.5) is 0 Å². The molecule has 4 N–H and O–H groups in total. The van der Waals surface area contributed by atoms with Gasteiger partial charge in [-0.3, -0.25) is 0 Å². The van der Waals surface area contributed by atoms with E-state index in [1.54, 1.807) is 0 Å². The van der Waals surface area contributed by atoms with Crippen molar-refractivity contribution in [1.29, 1.82) is 0 Å². The molecule has 0 rings (SSSR count). The Balaban J connectivity index is -0.0000000450. The number of rotatable bonds is 0. The van der Waals surface area contributed by atoms with Crippen LogP contribution in [0, 0.1) is 0 Å². The molecule has 0 aliphatic carbocycles. The third-order valence-corrected chi connectivity index (χ3v) is 0. The third-order valence-electron chi connectivity index (χ3n) is 0. The number of hydrogen-bond acceptors (Lipinski definition) is 3. The van der Waals surface area contributed by atoms with Gasteiger partial charge in [0, 0.05) is 19.5 Å². The van der Waals surface area contributed by atoms with Crippen LogP contribution in [0.3, 0.4) is 0 Å². The molecule has 0 saturated heterocycles.